The average molecular weight is 249 g/mol. The van der Waals surface area contributed by atoms with Gasteiger partial charge in [-0.3, -0.25) is 4.79 Å². The van der Waals surface area contributed by atoms with Crippen molar-refractivity contribution in [3.8, 4) is 0 Å². The molecule has 1 rings (SSSR count). The van der Waals surface area contributed by atoms with Crippen LogP contribution in [0.15, 0.2) is 11.0 Å². The van der Waals surface area contributed by atoms with Gasteiger partial charge >= 0.3 is 6.18 Å². The Hall–Kier alpha value is -0.760. The molecule has 0 radical (unpaired) electrons. The number of aromatic nitrogens is 2. The molecule has 0 aliphatic carbocycles. The fourth-order valence-electron chi connectivity index (χ4n) is 0.724. The minimum absolute atomic E-state index is 0.0469. The van der Waals surface area contributed by atoms with Crippen molar-refractivity contribution in [1.29, 1.82) is 0 Å². The van der Waals surface area contributed by atoms with Crippen LogP contribution >= 0.6 is 23.9 Å². The first-order valence-electron chi connectivity index (χ1n) is 3.02. The third-order valence-corrected chi connectivity index (χ3v) is 1.93. The van der Waals surface area contributed by atoms with Crippen LogP contribution in [0.25, 0.3) is 0 Å². The van der Waals surface area contributed by atoms with Gasteiger partial charge in [0.25, 0.3) is 5.56 Å². The Morgan fingerprint density at radius 2 is 2.07 bits per heavy atom. The molecule has 0 aliphatic heterocycles. The Balaban J connectivity index is 3.49. The van der Waals surface area contributed by atoms with E-state index >= 15 is 0 Å². The van der Waals surface area contributed by atoms with Gasteiger partial charge in [-0.1, -0.05) is 11.6 Å². The molecule has 3 nitrogen and oxygen atoms in total. The van der Waals surface area contributed by atoms with Crippen molar-refractivity contribution in [2.75, 3.05) is 0 Å². The summed E-state index contributed by atoms with van der Waals surface area (Å²) in [5.41, 5.74) is -3.25. The number of rotatable bonds is 1. The van der Waals surface area contributed by atoms with E-state index in [-0.39, 0.29) is 4.09 Å². The van der Waals surface area contributed by atoms with Crippen LogP contribution in [-0.2, 0) is 6.18 Å². The van der Waals surface area contributed by atoms with Crippen molar-refractivity contribution in [3.05, 3.63) is 27.1 Å². The van der Waals surface area contributed by atoms with E-state index in [4.69, 9.17) is 11.6 Å². The zero-order valence-corrected chi connectivity index (χ0v) is 7.75. The summed E-state index contributed by atoms with van der Waals surface area (Å²) in [6.45, 7) is 0. The van der Waals surface area contributed by atoms with Crippen LogP contribution in [-0.4, -0.2) is 9.19 Å². The Kier molecular flexibility index (Phi) is 3.05. The predicted molar refractivity (Wildman–Crippen MR) is 42.6 cm³/mol. The normalized spacial score (nSPS) is 11.8. The van der Waals surface area contributed by atoms with Crippen LogP contribution in [0.3, 0.4) is 0 Å². The Morgan fingerprint density at radius 3 is 2.50 bits per heavy atom. The topological polar surface area (TPSA) is 34.9 Å². The molecule has 0 spiro atoms. The molecule has 0 fully saturated rings. The molecule has 1 aromatic heterocycles. The van der Waals surface area contributed by atoms with E-state index in [1.807, 2.05) is 0 Å². The first-order chi connectivity index (χ1) is 6.38. The van der Waals surface area contributed by atoms with E-state index < -0.39 is 34.7 Å². The molecule has 0 unspecified atom stereocenters. The predicted octanol–water partition coefficient (Wildman–Crippen LogP) is 2.30. The van der Waals surface area contributed by atoms with Crippen molar-refractivity contribution in [1.82, 2.24) is 9.19 Å². The molecule has 14 heavy (non-hydrogen) atoms. The molecule has 9 heteroatoms. The van der Waals surface area contributed by atoms with Crippen LogP contribution in [0.4, 0.5) is 17.1 Å². The summed E-state index contributed by atoms with van der Waals surface area (Å²) in [7, 11) is 0. The Morgan fingerprint density at radius 1 is 1.50 bits per heavy atom. The van der Waals surface area contributed by atoms with Crippen LogP contribution in [0.5, 0.6) is 0 Å². The molecule has 0 bridgehead atoms. The van der Waals surface area contributed by atoms with Crippen molar-refractivity contribution in [2.24, 2.45) is 0 Å². The van der Waals surface area contributed by atoms with Crippen molar-refractivity contribution < 1.29 is 17.1 Å². The minimum Gasteiger partial charge on any atom is -0.266 e. The molecule has 0 amide bonds. The lowest BCUT2D eigenvalue weighted by Crippen LogP contribution is -2.27. The van der Waals surface area contributed by atoms with Gasteiger partial charge in [0, 0.05) is 0 Å². The number of hydrogen-bond acceptors (Lipinski definition) is 3. The monoisotopic (exact) mass is 248 g/mol. The highest BCUT2D eigenvalue weighted by Gasteiger charge is 2.37. The van der Waals surface area contributed by atoms with E-state index in [9.17, 15) is 21.9 Å². The zero-order valence-electron chi connectivity index (χ0n) is 6.18. The fourth-order valence-corrected chi connectivity index (χ4v) is 1.19. The van der Waals surface area contributed by atoms with Crippen molar-refractivity contribution >= 4 is 23.9 Å². The largest absolute Gasteiger partial charge is 0.423 e. The number of alkyl halides is 3. The summed E-state index contributed by atoms with van der Waals surface area (Å²) in [6.07, 6.45) is -4.37. The lowest BCUT2D eigenvalue weighted by atomic mass is 10.3. The van der Waals surface area contributed by atoms with E-state index in [0.29, 0.717) is 6.20 Å². The van der Waals surface area contributed by atoms with Gasteiger partial charge in [0.15, 0.2) is 12.3 Å². The van der Waals surface area contributed by atoms with Gasteiger partial charge in [-0.25, -0.2) is 0 Å². The quantitative estimate of drug-likeness (QED) is 0.716. The van der Waals surface area contributed by atoms with Gasteiger partial charge in [-0.05, 0) is 0 Å². The zero-order chi connectivity index (χ0) is 10.9. The third kappa shape index (κ3) is 2.01. The Bertz CT molecular complexity index is 404. The number of hydrogen-bond donors (Lipinski definition) is 0. The first-order valence-corrected chi connectivity index (χ1v) is 4.07. The number of nitrogens with zero attached hydrogens (tertiary/aromatic N) is 2. The van der Waals surface area contributed by atoms with Gasteiger partial charge < -0.3 is 0 Å². The smallest absolute Gasteiger partial charge is 0.266 e. The molecule has 1 aromatic rings. The van der Waals surface area contributed by atoms with E-state index in [1.54, 1.807) is 0 Å². The number of halogens is 5. The molecule has 78 valence electrons. The SMILES string of the molecule is O=c1c(C(F)(F)F)c(Cl)cnn1SF. The fraction of sp³-hybridized carbons (Fsp3) is 0.200. The summed E-state index contributed by atoms with van der Waals surface area (Å²) in [5.74, 6) is 0. The second-order valence-corrected chi connectivity index (χ2v) is 3.00. The maximum absolute atomic E-state index is 12.2. The summed E-state index contributed by atoms with van der Waals surface area (Å²) in [6, 6.07) is 0. The summed E-state index contributed by atoms with van der Waals surface area (Å²) in [4.78, 5) is 10.9. The standard InChI is InChI=1S/C5HClF4N2OS/c6-2-1-11-12(14-10)4(13)3(2)5(7,8)9/h1H. The first kappa shape index (κ1) is 11.3. The van der Waals surface area contributed by atoms with E-state index in [1.165, 1.54) is 0 Å². The molecule has 0 atom stereocenters. The second-order valence-electron chi connectivity index (χ2n) is 2.11. The minimum atomic E-state index is -4.92. The van der Waals surface area contributed by atoms with Crippen molar-refractivity contribution in [3.63, 3.8) is 0 Å². The Labute approximate surface area is 84.1 Å². The van der Waals surface area contributed by atoms with Crippen LogP contribution in [0.1, 0.15) is 5.56 Å². The highest BCUT2D eigenvalue weighted by Crippen LogP contribution is 2.31. The molecule has 0 saturated carbocycles. The molecule has 0 N–H and O–H groups in total. The molecule has 0 saturated heterocycles. The van der Waals surface area contributed by atoms with Crippen LogP contribution < -0.4 is 5.56 Å². The molecule has 0 aliphatic rings. The highest BCUT2D eigenvalue weighted by molar-refractivity contribution is 7.92. The maximum atomic E-state index is 12.2. The molecule has 1 heterocycles. The van der Waals surface area contributed by atoms with E-state index in [0.717, 1.165) is 0 Å². The average Bonchev–Trinajstić information content (AvgIpc) is 2.02. The van der Waals surface area contributed by atoms with Crippen molar-refractivity contribution in [2.45, 2.75) is 6.18 Å². The second kappa shape index (κ2) is 3.77. The lowest BCUT2D eigenvalue weighted by Gasteiger charge is -2.07. The van der Waals surface area contributed by atoms with Gasteiger partial charge in [0.2, 0.25) is 0 Å². The van der Waals surface area contributed by atoms with Gasteiger partial charge in [-0.15, -0.1) is 7.97 Å². The molecular weight excluding hydrogens is 248 g/mol. The third-order valence-electron chi connectivity index (χ3n) is 1.25. The highest BCUT2D eigenvalue weighted by atomic mass is 35.5. The van der Waals surface area contributed by atoms with Crippen LogP contribution in [0, 0.1) is 0 Å². The van der Waals surface area contributed by atoms with Crippen LogP contribution in [0.2, 0.25) is 5.02 Å². The summed E-state index contributed by atoms with van der Waals surface area (Å²) in [5, 5.41) is 2.18. The van der Waals surface area contributed by atoms with Gasteiger partial charge in [-0.2, -0.15) is 18.3 Å². The van der Waals surface area contributed by atoms with Gasteiger partial charge in [0.1, 0.15) is 5.56 Å². The van der Waals surface area contributed by atoms with E-state index in [2.05, 4.69) is 5.10 Å². The molecular formula is C5HClF4N2OS. The molecule has 0 aromatic carbocycles. The van der Waals surface area contributed by atoms with Gasteiger partial charge in [0.05, 0.1) is 11.2 Å². The summed E-state index contributed by atoms with van der Waals surface area (Å²) < 4.78 is 48.4. The maximum Gasteiger partial charge on any atom is 0.423 e. The summed E-state index contributed by atoms with van der Waals surface area (Å²) >= 11 is 4.38. The lowest BCUT2D eigenvalue weighted by molar-refractivity contribution is -0.138.